The van der Waals surface area contributed by atoms with Gasteiger partial charge in [-0.3, -0.25) is 4.79 Å². The second kappa shape index (κ2) is 6.94. The van der Waals surface area contributed by atoms with E-state index in [-0.39, 0.29) is 28.9 Å². The molecule has 1 heterocycles. The van der Waals surface area contributed by atoms with Gasteiger partial charge in [-0.15, -0.1) is 0 Å². The molecule has 1 saturated carbocycles. The summed E-state index contributed by atoms with van der Waals surface area (Å²) in [5.41, 5.74) is 2.29. The summed E-state index contributed by atoms with van der Waals surface area (Å²) in [6.45, 7) is 4.52. The molecule has 31 heavy (non-hydrogen) atoms. The van der Waals surface area contributed by atoms with Crippen LogP contribution in [0.25, 0.3) is 11.3 Å². The van der Waals surface area contributed by atoms with Crippen molar-refractivity contribution in [1.82, 2.24) is 15.5 Å². The molecule has 4 nitrogen and oxygen atoms in total. The summed E-state index contributed by atoms with van der Waals surface area (Å²) < 4.78 is 27.5. The largest absolute Gasteiger partial charge is 0.351 e. The minimum atomic E-state index is -0.784. The number of carbonyl (C=O) groups is 1. The number of carbonyl (C=O) groups excluding carboxylic acids is 1. The van der Waals surface area contributed by atoms with Gasteiger partial charge in [-0.2, -0.15) is 10.2 Å². The Labute approximate surface area is 179 Å². The maximum absolute atomic E-state index is 14.3. The van der Waals surface area contributed by atoms with Crippen molar-refractivity contribution in [3.63, 3.8) is 0 Å². The van der Waals surface area contributed by atoms with E-state index < -0.39 is 5.41 Å². The summed E-state index contributed by atoms with van der Waals surface area (Å²) in [7, 11) is 0. The lowest BCUT2D eigenvalue weighted by molar-refractivity contribution is -0.130. The normalized spacial score (nSPS) is 22.9. The van der Waals surface area contributed by atoms with E-state index >= 15 is 0 Å². The molecule has 5 rings (SSSR count). The molecule has 6 heteroatoms. The fraction of sp³-hybridized carbons (Fsp3) is 0.320. The summed E-state index contributed by atoms with van der Waals surface area (Å²) in [5.74, 6) is -0.582. The van der Waals surface area contributed by atoms with Gasteiger partial charge in [0.15, 0.2) is 0 Å². The van der Waals surface area contributed by atoms with Crippen LogP contribution >= 0.6 is 0 Å². The van der Waals surface area contributed by atoms with E-state index in [4.69, 9.17) is 0 Å². The quantitative estimate of drug-likeness (QED) is 0.655. The minimum absolute atomic E-state index is 0.0870. The van der Waals surface area contributed by atoms with E-state index in [1.165, 1.54) is 18.2 Å². The second-order valence-electron chi connectivity index (χ2n) is 9.04. The SMILES string of the molecule is CC1(C)[C@@H]2CC[C@@]1(C(=O)NCc1ccc(F)cc1)c1nnc(-c3ccccc3F)cc12. The van der Waals surface area contributed by atoms with Gasteiger partial charge in [-0.05, 0) is 65.6 Å². The molecule has 0 saturated heterocycles. The number of nitrogens with one attached hydrogen (secondary N) is 1. The molecule has 2 bridgehead atoms. The number of rotatable bonds is 4. The number of fused-ring (bicyclic) bond motifs is 5. The van der Waals surface area contributed by atoms with Crippen LogP contribution in [0, 0.1) is 17.0 Å². The van der Waals surface area contributed by atoms with Crippen molar-refractivity contribution in [2.24, 2.45) is 5.41 Å². The topological polar surface area (TPSA) is 54.9 Å². The molecule has 2 aliphatic carbocycles. The average molecular weight is 419 g/mol. The third-order valence-corrected chi connectivity index (χ3v) is 7.29. The van der Waals surface area contributed by atoms with Crippen molar-refractivity contribution in [2.75, 3.05) is 0 Å². The zero-order valence-electron chi connectivity index (χ0n) is 17.5. The number of hydrogen-bond donors (Lipinski definition) is 1. The second-order valence-corrected chi connectivity index (χ2v) is 9.04. The fourth-order valence-corrected chi connectivity index (χ4v) is 5.56. The number of benzene rings is 2. The highest BCUT2D eigenvalue weighted by molar-refractivity contribution is 5.91. The van der Waals surface area contributed by atoms with Gasteiger partial charge in [-0.25, -0.2) is 8.78 Å². The molecule has 2 aliphatic rings. The highest BCUT2D eigenvalue weighted by atomic mass is 19.1. The Kier molecular flexibility index (Phi) is 4.43. The van der Waals surface area contributed by atoms with Gasteiger partial charge in [0, 0.05) is 12.1 Å². The summed E-state index contributed by atoms with van der Waals surface area (Å²) in [6, 6.07) is 14.5. The van der Waals surface area contributed by atoms with Crippen molar-refractivity contribution in [2.45, 2.75) is 44.6 Å². The molecule has 2 atom stereocenters. The van der Waals surface area contributed by atoms with Gasteiger partial charge in [0.25, 0.3) is 0 Å². The summed E-state index contributed by atoms with van der Waals surface area (Å²) in [5, 5.41) is 11.8. The Morgan fingerprint density at radius 3 is 2.58 bits per heavy atom. The van der Waals surface area contributed by atoms with Crippen molar-refractivity contribution >= 4 is 5.91 Å². The molecule has 0 unspecified atom stereocenters. The van der Waals surface area contributed by atoms with Gasteiger partial charge in [0.2, 0.25) is 5.91 Å². The van der Waals surface area contributed by atoms with Crippen LogP contribution in [0.4, 0.5) is 8.78 Å². The van der Waals surface area contributed by atoms with Gasteiger partial charge in [-0.1, -0.05) is 38.1 Å². The van der Waals surface area contributed by atoms with E-state index in [2.05, 4.69) is 29.4 Å². The van der Waals surface area contributed by atoms with Crippen LogP contribution in [0.3, 0.4) is 0 Å². The highest BCUT2D eigenvalue weighted by Crippen LogP contribution is 2.67. The van der Waals surface area contributed by atoms with Crippen molar-refractivity contribution in [3.8, 4) is 11.3 Å². The smallest absolute Gasteiger partial charge is 0.233 e. The number of hydrogen-bond acceptors (Lipinski definition) is 3. The van der Waals surface area contributed by atoms with Crippen molar-refractivity contribution in [1.29, 1.82) is 0 Å². The molecule has 2 aromatic carbocycles. The lowest BCUT2D eigenvalue weighted by Crippen LogP contribution is -2.49. The lowest BCUT2D eigenvalue weighted by atomic mass is 9.67. The van der Waals surface area contributed by atoms with Gasteiger partial charge >= 0.3 is 0 Å². The predicted molar refractivity (Wildman–Crippen MR) is 113 cm³/mol. The summed E-state index contributed by atoms with van der Waals surface area (Å²) in [6.07, 6.45) is 1.56. The molecule has 0 aliphatic heterocycles. The Hall–Kier alpha value is -3.15. The zero-order valence-corrected chi connectivity index (χ0v) is 17.5. The number of nitrogens with zero attached hydrogens (tertiary/aromatic N) is 2. The third kappa shape index (κ3) is 2.81. The third-order valence-electron chi connectivity index (χ3n) is 7.29. The van der Waals surface area contributed by atoms with Crippen LogP contribution in [-0.2, 0) is 16.8 Å². The van der Waals surface area contributed by atoms with Crippen LogP contribution < -0.4 is 5.32 Å². The molecule has 0 spiro atoms. The Morgan fingerprint density at radius 1 is 1.10 bits per heavy atom. The van der Waals surface area contributed by atoms with Crippen LogP contribution in [0.1, 0.15) is 49.4 Å². The van der Waals surface area contributed by atoms with Crippen LogP contribution in [0.15, 0.2) is 54.6 Å². The first-order valence-corrected chi connectivity index (χ1v) is 10.5. The van der Waals surface area contributed by atoms with E-state index in [9.17, 15) is 13.6 Å². The van der Waals surface area contributed by atoms with Crippen LogP contribution in [0.2, 0.25) is 0 Å². The Morgan fingerprint density at radius 2 is 1.84 bits per heavy atom. The standard InChI is InChI=1S/C25H23F2N3O/c1-24(2)19-11-12-25(24,23(31)28-14-15-7-9-16(26)10-8-15)22-18(19)13-21(29-30-22)17-5-3-4-6-20(17)27/h3-10,13,19H,11-12,14H2,1-2H3,(H,28,31)/t19-,25+/m1/s1. The summed E-state index contributed by atoms with van der Waals surface area (Å²) >= 11 is 0. The maximum Gasteiger partial charge on any atom is 0.233 e. The van der Waals surface area contributed by atoms with Gasteiger partial charge < -0.3 is 5.32 Å². The van der Waals surface area contributed by atoms with Gasteiger partial charge in [0.05, 0.1) is 16.8 Å². The first kappa shape index (κ1) is 19.8. The number of aromatic nitrogens is 2. The first-order valence-electron chi connectivity index (χ1n) is 10.5. The molecular formula is C25H23F2N3O. The maximum atomic E-state index is 14.3. The molecule has 158 valence electrons. The monoisotopic (exact) mass is 419 g/mol. The zero-order chi connectivity index (χ0) is 21.8. The molecule has 3 aromatic rings. The summed E-state index contributed by atoms with van der Waals surface area (Å²) in [4.78, 5) is 13.5. The van der Waals surface area contributed by atoms with Gasteiger partial charge in [0.1, 0.15) is 11.6 Å². The molecular weight excluding hydrogens is 396 g/mol. The lowest BCUT2D eigenvalue weighted by Gasteiger charge is -2.36. The Bertz CT molecular complexity index is 1180. The van der Waals surface area contributed by atoms with E-state index in [1.54, 1.807) is 30.3 Å². The van der Waals surface area contributed by atoms with E-state index in [0.29, 0.717) is 29.9 Å². The molecule has 0 radical (unpaired) electrons. The first-order chi connectivity index (χ1) is 14.8. The average Bonchev–Trinajstić information content (AvgIpc) is 3.14. The van der Waals surface area contributed by atoms with E-state index in [1.807, 2.05) is 6.07 Å². The van der Waals surface area contributed by atoms with E-state index in [0.717, 1.165) is 17.5 Å². The van der Waals surface area contributed by atoms with Crippen molar-refractivity contribution < 1.29 is 13.6 Å². The fourth-order valence-electron chi connectivity index (χ4n) is 5.56. The molecule has 1 amide bonds. The van der Waals surface area contributed by atoms with Crippen LogP contribution in [-0.4, -0.2) is 16.1 Å². The molecule has 1 aromatic heterocycles. The molecule has 1 fully saturated rings. The minimum Gasteiger partial charge on any atom is -0.351 e. The Balaban J connectivity index is 1.50. The highest BCUT2D eigenvalue weighted by Gasteiger charge is 2.67. The van der Waals surface area contributed by atoms with Crippen molar-refractivity contribution in [3.05, 3.63) is 83.1 Å². The predicted octanol–water partition coefficient (Wildman–Crippen LogP) is 4.89. The van der Waals surface area contributed by atoms with Crippen LogP contribution in [0.5, 0.6) is 0 Å². The number of halogens is 2. The molecule has 1 N–H and O–H groups in total. The number of amides is 1.